The van der Waals surface area contributed by atoms with Crippen LogP contribution in [0.25, 0.3) is 5.82 Å². The van der Waals surface area contributed by atoms with Crippen LogP contribution in [-0.4, -0.2) is 32.1 Å². The van der Waals surface area contributed by atoms with Crippen molar-refractivity contribution in [3.8, 4) is 5.82 Å². The zero-order chi connectivity index (χ0) is 14.0. The molecule has 2 aromatic rings. The van der Waals surface area contributed by atoms with Crippen molar-refractivity contribution in [1.82, 2.24) is 14.8 Å². The summed E-state index contributed by atoms with van der Waals surface area (Å²) in [6, 6.07) is 4.75. The highest BCUT2D eigenvalue weighted by atomic mass is 79.9. The second kappa shape index (κ2) is 5.68. The second-order valence-electron chi connectivity index (χ2n) is 3.58. The van der Waals surface area contributed by atoms with Crippen molar-refractivity contribution in [1.29, 1.82) is 0 Å². The lowest BCUT2D eigenvalue weighted by molar-refractivity contribution is -0.0529. The summed E-state index contributed by atoms with van der Waals surface area (Å²) in [5.41, 5.74) is 0.105. The quantitative estimate of drug-likeness (QED) is 0.681. The third-order valence-electron chi connectivity index (χ3n) is 2.11. The summed E-state index contributed by atoms with van der Waals surface area (Å²) >= 11 is 9.18. The van der Waals surface area contributed by atoms with Gasteiger partial charge in [-0.2, -0.15) is 5.10 Å². The van der Waals surface area contributed by atoms with Gasteiger partial charge in [0.1, 0.15) is 4.60 Å². The first-order valence-electron chi connectivity index (χ1n) is 5.24. The highest BCUT2D eigenvalue weighted by Gasteiger charge is 2.20. The molecule has 19 heavy (non-hydrogen) atoms. The highest BCUT2D eigenvalue weighted by Crippen LogP contribution is 2.21. The van der Waals surface area contributed by atoms with Crippen LogP contribution in [0.4, 0.5) is 0 Å². The summed E-state index contributed by atoms with van der Waals surface area (Å²) in [6.07, 6.45) is 0.314. The van der Waals surface area contributed by atoms with Crippen molar-refractivity contribution in [2.75, 3.05) is 0 Å². The van der Waals surface area contributed by atoms with Gasteiger partial charge in [0.15, 0.2) is 17.8 Å². The van der Waals surface area contributed by atoms with Gasteiger partial charge in [0.25, 0.3) is 0 Å². The number of pyridine rings is 1. The first-order valence-corrected chi connectivity index (χ1v) is 6.41. The summed E-state index contributed by atoms with van der Waals surface area (Å²) in [6.45, 7) is 1.33. The van der Waals surface area contributed by atoms with Crippen LogP contribution >= 0.6 is 27.5 Å². The van der Waals surface area contributed by atoms with Crippen molar-refractivity contribution >= 4 is 33.5 Å². The molecule has 2 aromatic heterocycles. The van der Waals surface area contributed by atoms with Gasteiger partial charge in [-0.1, -0.05) is 11.6 Å². The first kappa shape index (κ1) is 14.0. The van der Waals surface area contributed by atoms with E-state index in [9.17, 15) is 4.79 Å². The Morgan fingerprint density at radius 2 is 2.37 bits per heavy atom. The smallest absolute Gasteiger partial charge is 0.359 e. The van der Waals surface area contributed by atoms with Crippen molar-refractivity contribution in [2.45, 2.75) is 13.2 Å². The number of aromatic nitrogens is 3. The van der Waals surface area contributed by atoms with Crippen molar-refractivity contribution in [3.05, 3.63) is 39.7 Å². The molecule has 0 spiro atoms. The Hall–Kier alpha value is -1.44. The number of carbonyl (C=O) groups is 1. The Balaban J connectivity index is 2.47. The van der Waals surface area contributed by atoms with Crippen molar-refractivity contribution < 1.29 is 14.6 Å². The average molecular weight is 347 g/mol. The third kappa shape index (κ3) is 3.12. The van der Waals surface area contributed by atoms with E-state index in [1.807, 2.05) is 0 Å². The molecule has 2 rings (SSSR count). The zero-order valence-electron chi connectivity index (χ0n) is 9.75. The summed E-state index contributed by atoms with van der Waals surface area (Å²) in [4.78, 5) is 15.9. The van der Waals surface area contributed by atoms with E-state index < -0.39 is 12.3 Å². The topological polar surface area (TPSA) is 77.2 Å². The van der Waals surface area contributed by atoms with Crippen LogP contribution in [0.15, 0.2) is 29.0 Å². The summed E-state index contributed by atoms with van der Waals surface area (Å²) in [7, 11) is 0. The summed E-state index contributed by atoms with van der Waals surface area (Å²) in [5, 5.41) is 13.5. The third-order valence-corrected chi connectivity index (χ3v) is 2.79. The molecule has 8 heteroatoms. The lowest BCUT2D eigenvalue weighted by Crippen LogP contribution is -2.18. The molecule has 0 saturated heterocycles. The van der Waals surface area contributed by atoms with Crippen LogP contribution in [0.1, 0.15) is 17.4 Å². The minimum atomic E-state index is -1.21. The Labute approximate surface area is 122 Å². The Morgan fingerprint density at radius 1 is 1.63 bits per heavy atom. The number of hydrogen-bond acceptors (Lipinski definition) is 5. The molecule has 0 bridgehead atoms. The molecule has 6 nitrogen and oxygen atoms in total. The maximum Gasteiger partial charge on any atom is 0.359 e. The number of hydrogen-bond donors (Lipinski definition) is 1. The maximum atomic E-state index is 11.8. The molecular weight excluding hydrogens is 337 g/mol. The molecule has 0 saturated carbocycles. The van der Waals surface area contributed by atoms with Gasteiger partial charge in [-0.15, -0.1) is 0 Å². The van der Waals surface area contributed by atoms with E-state index >= 15 is 0 Å². The predicted octanol–water partition coefficient (Wildman–Crippen LogP) is 2.18. The van der Waals surface area contributed by atoms with E-state index in [1.54, 1.807) is 12.1 Å². The molecule has 100 valence electrons. The predicted molar refractivity (Wildman–Crippen MR) is 71.2 cm³/mol. The van der Waals surface area contributed by atoms with E-state index in [-0.39, 0.29) is 5.69 Å². The number of esters is 1. The number of ether oxygens (including phenoxy) is 1. The monoisotopic (exact) mass is 345 g/mol. The van der Waals surface area contributed by atoms with Gasteiger partial charge < -0.3 is 9.84 Å². The minimum Gasteiger partial charge on any atom is -0.432 e. The van der Waals surface area contributed by atoms with Gasteiger partial charge >= 0.3 is 5.97 Å². The maximum absolute atomic E-state index is 11.8. The largest absolute Gasteiger partial charge is 0.432 e. The molecular formula is C11H9BrClN3O3. The Morgan fingerprint density at radius 3 is 3.00 bits per heavy atom. The summed E-state index contributed by atoms with van der Waals surface area (Å²) in [5.74, 6) is -0.428. The number of halogens is 2. The van der Waals surface area contributed by atoms with Crippen LogP contribution in [0.5, 0.6) is 0 Å². The number of rotatable bonds is 3. The molecule has 0 aromatic carbocycles. The van der Waals surface area contributed by atoms with E-state index in [4.69, 9.17) is 21.4 Å². The standard InChI is InChI=1S/C11H9BrClN3O3/c1-6(17)19-11(18)8-5-9(12)15-16(8)10-7(13)3-2-4-14-10/h2-6,17H,1H3. The molecule has 0 fully saturated rings. The van der Waals surface area contributed by atoms with Crippen molar-refractivity contribution in [3.63, 3.8) is 0 Å². The van der Waals surface area contributed by atoms with Crippen LogP contribution in [0.2, 0.25) is 5.02 Å². The van der Waals surface area contributed by atoms with Gasteiger partial charge in [-0.25, -0.2) is 14.5 Å². The van der Waals surface area contributed by atoms with E-state index in [1.165, 1.54) is 23.9 Å². The molecule has 0 aliphatic rings. The van der Waals surface area contributed by atoms with Crippen LogP contribution < -0.4 is 0 Å². The first-order chi connectivity index (χ1) is 8.99. The number of aliphatic hydroxyl groups excluding tert-OH is 1. The van der Waals surface area contributed by atoms with Crippen LogP contribution in [0.3, 0.4) is 0 Å². The second-order valence-corrected chi connectivity index (χ2v) is 4.80. The van der Waals surface area contributed by atoms with Crippen molar-refractivity contribution in [2.24, 2.45) is 0 Å². The van der Waals surface area contributed by atoms with Gasteiger partial charge in [0.2, 0.25) is 0 Å². The lowest BCUT2D eigenvalue weighted by atomic mass is 10.4. The molecule has 0 aliphatic carbocycles. The molecule has 2 heterocycles. The zero-order valence-corrected chi connectivity index (χ0v) is 12.1. The normalized spacial score (nSPS) is 12.2. The van der Waals surface area contributed by atoms with Gasteiger partial charge in [-0.05, 0) is 35.0 Å². The molecule has 1 unspecified atom stereocenters. The number of carbonyl (C=O) groups excluding carboxylic acids is 1. The van der Waals surface area contributed by atoms with Gasteiger partial charge in [0, 0.05) is 12.3 Å². The number of nitrogens with zero attached hydrogens (tertiary/aromatic N) is 3. The summed E-state index contributed by atoms with van der Waals surface area (Å²) < 4.78 is 6.39. The van der Waals surface area contributed by atoms with Crippen LogP contribution in [0, 0.1) is 0 Å². The van der Waals surface area contributed by atoms with Gasteiger partial charge in [0.05, 0.1) is 5.02 Å². The minimum absolute atomic E-state index is 0.105. The van der Waals surface area contributed by atoms with Crippen LogP contribution in [-0.2, 0) is 4.74 Å². The lowest BCUT2D eigenvalue weighted by Gasteiger charge is -2.09. The van der Waals surface area contributed by atoms with E-state index in [0.717, 1.165) is 0 Å². The van der Waals surface area contributed by atoms with Gasteiger partial charge in [-0.3, -0.25) is 0 Å². The highest BCUT2D eigenvalue weighted by molar-refractivity contribution is 9.10. The molecule has 1 atom stereocenters. The average Bonchev–Trinajstić information content (AvgIpc) is 2.71. The molecule has 0 amide bonds. The fourth-order valence-corrected chi connectivity index (χ4v) is 1.98. The number of aliphatic hydroxyl groups is 1. The Bertz CT molecular complexity index is 615. The molecule has 0 radical (unpaired) electrons. The van der Waals surface area contributed by atoms with E-state index in [0.29, 0.717) is 15.4 Å². The SMILES string of the molecule is CC(O)OC(=O)c1cc(Br)nn1-c1ncccc1Cl. The fraction of sp³-hybridized carbons (Fsp3) is 0.182. The van der Waals surface area contributed by atoms with E-state index in [2.05, 4.69) is 26.0 Å². The fourth-order valence-electron chi connectivity index (χ4n) is 1.41. The molecule has 0 aliphatic heterocycles. The Kier molecular flexibility index (Phi) is 4.18. The molecule has 1 N–H and O–H groups in total.